The number of ether oxygens (including phenoxy) is 2. The van der Waals surface area contributed by atoms with Crippen molar-refractivity contribution in [2.75, 3.05) is 13.2 Å². The summed E-state index contributed by atoms with van der Waals surface area (Å²) in [6, 6.07) is -0.801. The van der Waals surface area contributed by atoms with Crippen LogP contribution in [-0.4, -0.2) is 87.5 Å². The predicted molar refractivity (Wildman–Crippen MR) is 244 cm³/mol. The van der Waals surface area contributed by atoms with Crippen molar-refractivity contribution in [1.29, 1.82) is 0 Å². The van der Waals surface area contributed by atoms with Gasteiger partial charge in [0.2, 0.25) is 5.91 Å². The Bertz CT molecular complexity index is 977. The Morgan fingerprint density at radius 3 is 1.37 bits per heavy atom. The van der Waals surface area contributed by atoms with E-state index in [1.165, 1.54) is 173 Å². The fraction of sp³-hybridized carbons (Fsp3) is 0.900. The average molecular weight is 838 g/mol. The van der Waals surface area contributed by atoms with Gasteiger partial charge in [-0.25, -0.2) is 0 Å². The highest BCUT2D eigenvalue weighted by Gasteiger charge is 2.44. The van der Waals surface area contributed by atoms with E-state index in [-0.39, 0.29) is 12.5 Å². The molecule has 1 aliphatic rings. The third kappa shape index (κ3) is 31.2. The number of carbonyl (C=O) groups is 1. The first-order valence-electron chi connectivity index (χ1n) is 25.1. The molecule has 1 amide bonds. The third-order valence-corrected chi connectivity index (χ3v) is 12.0. The fourth-order valence-electron chi connectivity index (χ4n) is 7.97. The molecular weight excluding hydrogens is 743 g/mol. The summed E-state index contributed by atoms with van der Waals surface area (Å²) in [4.78, 5) is 13.0. The maximum atomic E-state index is 13.0. The Morgan fingerprint density at radius 1 is 0.559 bits per heavy atom. The van der Waals surface area contributed by atoms with Gasteiger partial charge in [0.1, 0.15) is 24.4 Å². The first kappa shape index (κ1) is 55.7. The van der Waals surface area contributed by atoms with E-state index in [2.05, 4.69) is 31.3 Å². The molecule has 0 radical (unpaired) electrons. The zero-order valence-corrected chi connectivity index (χ0v) is 38.3. The van der Waals surface area contributed by atoms with E-state index in [1.54, 1.807) is 6.08 Å². The normalized spacial score (nSPS) is 20.8. The highest BCUT2D eigenvalue weighted by atomic mass is 16.7. The molecular formula is C50H95NO8. The van der Waals surface area contributed by atoms with Crippen LogP contribution in [0.2, 0.25) is 0 Å². The zero-order valence-electron chi connectivity index (χ0n) is 38.3. The number of aliphatic hydroxyl groups excluding tert-OH is 5. The quantitative estimate of drug-likeness (QED) is 0.0263. The first-order chi connectivity index (χ1) is 28.8. The van der Waals surface area contributed by atoms with Crippen LogP contribution in [0.1, 0.15) is 232 Å². The molecule has 0 aromatic carbocycles. The SMILES string of the molecule is CCCCCCCCCC/C=C/C(O)C(COC1OC(CO)C(O)C(O)C1O)NC(=O)CCCCCCCCCCCC/C=C\CCCCCCCCCCCCCC. The summed E-state index contributed by atoms with van der Waals surface area (Å²) in [7, 11) is 0. The molecule has 1 rings (SSSR count). The van der Waals surface area contributed by atoms with E-state index in [0.717, 1.165) is 38.5 Å². The van der Waals surface area contributed by atoms with Crippen LogP contribution in [0.4, 0.5) is 0 Å². The summed E-state index contributed by atoms with van der Waals surface area (Å²) in [6.45, 7) is 3.76. The summed E-state index contributed by atoms with van der Waals surface area (Å²) < 4.78 is 11.2. The molecule has 1 heterocycles. The highest BCUT2D eigenvalue weighted by Crippen LogP contribution is 2.23. The first-order valence-corrected chi connectivity index (χ1v) is 25.1. The van der Waals surface area contributed by atoms with Gasteiger partial charge in [-0.15, -0.1) is 0 Å². The van der Waals surface area contributed by atoms with Crippen LogP contribution < -0.4 is 5.32 Å². The number of hydrogen-bond acceptors (Lipinski definition) is 8. The lowest BCUT2D eigenvalue weighted by molar-refractivity contribution is -0.302. The van der Waals surface area contributed by atoms with Crippen LogP contribution in [0.25, 0.3) is 0 Å². The minimum atomic E-state index is -1.56. The van der Waals surface area contributed by atoms with Gasteiger partial charge in [-0.3, -0.25) is 4.79 Å². The van der Waals surface area contributed by atoms with Crippen molar-refractivity contribution >= 4 is 5.91 Å². The Kier molecular flexibility index (Phi) is 38.4. The van der Waals surface area contributed by atoms with Crippen molar-refractivity contribution in [3.05, 3.63) is 24.3 Å². The molecule has 0 saturated carbocycles. The van der Waals surface area contributed by atoms with E-state index in [4.69, 9.17) is 9.47 Å². The van der Waals surface area contributed by atoms with Crippen molar-refractivity contribution < 1.29 is 39.8 Å². The molecule has 1 saturated heterocycles. The second kappa shape index (κ2) is 40.7. The molecule has 348 valence electrons. The number of rotatable bonds is 42. The van der Waals surface area contributed by atoms with E-state index < -0.39 is 49.5 Å². The molecule has 0 aromatic heterocycles. The van der Waals surface area contributed by atoms with Gasteiger partial charge in [0.05, 0.1) is 25.4 Å². The van der Waals surface area contributed by atoms with Crippen LogP contribution >= 0.6 is 0 Å². The van der Waals surface area contributed by atoms with Gasteiger partial charge in [0, 0.05) is 6.42 Å². The van der Waals surface area contributed by atoms with Crippen LogP contribution in [0, 0.1) is 0 Å². The third-order valence-electron chi connectivity index (χ3n) is 12.0. The van der Waals surface area contributed by atoms with Crippen molar-refractivity contribution in [2.24, 2.45) is 0 Å². The predicted octanol–water partition coefficient (Wildman–Crippen LogP) is 11.1. The van der Waals surface area contributed by atoms with Crippen molar-refractivity contribution in [3.8, 4) is 0 Å². The van der Waals surface area contributed by atoms with Crippen LogP contribution in [-0.2, 0) is 14.3 Å². The Labute approximate surface area is 362 Å². The molecule has 6 N–H and O–H groups in total. The summed E-state index contributed by atoms with van der Waals surface area (Å²) in [6.07, 6.45) is 42.5. The number of carbonyl (C=O) groups excluding carboxylic acids is 1. The molecule has 9 nitrogen and oxygen atoms in total. The molecule has 7 unspecified atom stereocenters. The van der Waals surface area contributed by atoms with Gasteiger partial charge >= 0.3 is 0 Å². The molecule has 1 aliphatic heterocycles. The fourth-order valence-corrected chi connectivity index (χ4v) is 7.97. The van der Waals surface area contributed by atoms with E-state index in [0.29, 0.717) is 6.42 Å². The molecule has 1 fully saturated rings. The minimum Gasteiger partial charge on any atom is -0.394 e. The van der Waals surface area contributed by atoms with Gasteiger partial charge in [-0.05, 0) is 44.9 Å². The molecule has 0 bridgehead atoms. The number of amides is 1. The smallest absolute Gasteiger partial charge is 0.220 e. The molecule has 9 heteroatoms. The van der Waals surface area contributed by atoms with Gasteiger partial charge in [-0.1, -0.05) is 205 Å². The molecule has 0 aromatic rings. The van der Waals surface area contributed by atoms with Crippen LogP contribution in [0.5, 0.6) is 0 Å². The van der Waals surface area contributed by atoms with Gasteiger partial charge in [0.15, 0.2) is 6.29 Å². The topological polar surface area (TPSA) is 149 Å². The number of aliphatic hydroxyl groups is 5. The molecule has 0 spiro atoms. The van der Waals surface area contributed by atoms with E-state index in [9.17, 15) is 30.3 Å². The van der Waals surface area contributed by atoms with E-state index in [1.807, 2.05) is 6.08 Å². The number of hydrogen-bond donors (Lipinski definition) is 6. The summed E-state index contributed by atoms with van der Waals surface area (Å²) in [5.41, 5.74) is 0. The van der Waals surface area contributed by atoms with Crippen molar-refractivity contribution in [3.63, 3.8) is 0 Å². The zero-order chi connectivity index (χ0) is 43.0. The average Bonchev–Trinajstić information content (AvgIpc) is 3.23. The lowest BCUT2D eigenvalue weighted by Gasteiger charge is -2.40. The largest absolute Gasteiger partial charge is 0.394 e. The molecule has 59 heavy (non-hydrogen) atoms. The Balaban J connectivity index is 2.19. The van der Waals surface area contributed by atoms with Crippen LogP contribution in [0.3, 0.4) is 0 Å². The second-order valence-corrected chi connectivity index (χ2v) is 17.6. The number of allylic oxidation sites excluding steroid dienone is 3. The number of nitrogens with one attached hydrogen (secondary N) is 1. The maximum absolute atomic E-state index is 13.0. The Hall–Kier alpha value is -1.33. The van der Waals surface area contributed by atoms with Gasteiger partial charge in [-0.2, -0.15) is 0 Å². The van der Waals surface area contributed by atoms with Crippen LogP contribution in [0.15, 0.2) is 24.3 Å². The van der Waals surface area contributed by atoms with Crippen molar-refractivity contribution in [1.82, 2.24) is 5.32 Å². The molecule has 7 atom stereocenters. The lowest BCUT2D eigenvalue weighted by atomic mass is 9.99. The summed E-state index contributed by atoms with van der Waals surface area (Å²) in [5.74, 6) is -0.179. The Morgan fingerprint density at radius 2 is 0.949 bits per heavy atom. The number of unbranched alkanes of at least 4 members (excludes halogenated alkanes) is 30. The second-order valence-electron chi connectivity index (χ2n) is 17.6. The van der Waals surface area contributed by atoms with Gasteiger partial charge in [0.25, 0.3) is 0 Å². The monoisotopic (exact) mass is 838 g/mol. The summed E-state index contributed by atoms with van der Waals surface area (Å²) >= 11 is 0. The highest BCUT2D eigenvalue weighted by molar-refractivity contribution is 5.76. The summed E-state index contributed by atoms with van der Waals surface area (Å²) in [5, 5.41) is 54.1. The molecule has 0 aliphatic carbocycles. The minimum absolute atomic E-state index is 0.179. The maximum Gasteiger partial charge on any atom is 0.220 e. The van der Waals surface area contributed by atoms with Crippen molar-refractivity contribution in [2.45, 2.75) is 275 Å². The standard InChI is InChI=1S/C50H95NO8/c1-3-5-7-9-11-13-15-16-17-18-19-20-21-22-23-24-25-26-27-28-29-30-32-34-36-38-40-46(54)51-43(42-58-50-49(57)48(56)47(55)45(41-52)59-50)44(53)39-37-35-33-31-14-12-10-8-6-4-2/h22-23,37,39,43-45,47-50,52-53,55-57H,3-21,24-36,38,40-42H2,1-2H3,(H,51,54)/b23-22-,39-37+. The lowest BCUT2D eigenvalue weighted by Crippen LogP contribution is -2.60. The van der Waals surface area contributed by atoms with Gasteiger partial charge < -0.3 is 40.3 Å². The van der Waals surface area contributed by atoms with E-state index >= 15 is 0 Å².